The molecule has 0 saturated carbocycles. The number of likely N-dealkylation sites (N-methyl/N-ethyl adjacent to an activating group) is 1. The molecule has 0 aromatic heterocycles. The summed E-state index contributed by atoms with van der Waals surface area (Å²) in [5.74, 6) is -0.0328. The Kier molecular flexibility index (Phi) is 3.68. The number of carbonyl (C=O) groups excluding carboxylic acids is 1. The van der Waals surface area contributed by atoms with E-state index < -0.39 is 6.10 Å². The van der Waals surface area contributed by atoms with E-state index in [1.807, 2.05) is 32.0 Å². The molecule has 1 fully saturated rings. The first-order valence-corrected chi connectivity index (χ1v) is 6.23. The van der Waals surface area contributed by atoms with Gasteiger partial charge in [-0.25, -0.2) is 0 Å². The minimum atomic E-state index is -0.482. The monoisotopic (exact) mass is 248 g/mol. The molecule has 2 N–H and O–H groups in total. The zero-order chi connectivity index (χ0) is 13.3. The molecule has 0 spiro atoms. The van der Waals surface area contributed by atoms with Crippen molar-refractivity contribution in [2.45, 2.75) is 26.0 Å². The normalized spacial score (nSPS) is 23.1. The Bertz CT molecular complexity index is 439. The van der Waals surface area contributed by atoms with Gasteiger partial charge in [0.05, 0.1) is 12.1 Å². The van der Waals surface area contributed by atoms with E-state index in [1.54, 1.807) is 11.9 Å². The van der Waals surface area contributed by atoms with Crippen molar-refractivity contribution in [3.8, 4) is 0 Å². The van der Waals surface area contributed by atoms with Crippen LogP contribution in [-0.2, 0) is 0 Å². The lowest BCUT2D eigenvalue weighted by Crippen LogP contribution is -2.44. The van der Waals surface area contributed by atoms with Crippen LogP contribution >= 0.6 is 0 Å². The zero-order valence-electron chi connectivity index (χ0n) is 11.1. The smallest absolute Gasteiger partial charge is 0.253 e. The van der Waals surface area contributed by atoms with Crippen molar-refractivity contribution in [3.63, 3.8) is 0 Å². The number of hydrogen-bond acceptors (Lipinski definition) is 3. The van der Waals surface area contributed by atoms with E-state index in [0.29, 0.717) is 18.7 Å². The molecule has 1 aliphatic heterocycles. The SMILES string of the molecule is Cc1cc(C)cc(C(=O)N(C)[C@H]2CNC[C@@H]2O)c1. The fourth-order valence-electron chi connectivity index (χ4n) is 2.50. The molecule has 1 aromatic rings. The Morgan fingerprint density at radius 1 is 1.28 bits per heavy atom. The maximum absolute atomic E-state index is 12.4. The van der Waals surface area contributed by atoms with E-state index in [2.05, 4.69) is 5.32 Å². The van der Waals surface area contributed by atoms with Gasteiger partial charge < -0.3 is 15.3 Å². The average Bonchev–Trinajstić information content (AvgIpc) is 2.72. The van der Waals surface area contributed by atoms with Gasteiger partial charge in [0.1, 0.15) is 0 Å². The lowest BCUT2D eigenvalue weighted by Gasteiger charge is -2.26. The second-order valence-electron chi connectivity index (χ2n) is 5.09. The molecule has 0 radical (unpaired) electrons. The number of benzene rings is 1. The Hall–Kier alpha value is -1.39. The summed E-state index contributed by atoms with van der Waals surface area (Å²) in [7, 11) is 1.75. The van der Waals surface area contributed by atoms with Gasteiger partial charge in [-0.3, -0.25) is 4.79 Å². The summed E-state index contributed by atoms with van der Waals surface area (Å²) >= 11 is 0. The minimum absolute atomic E-state index is 0.0328. The Morgan fingerprint density at radius 3 is 2.39 bits per heavy atom. The summed E-state index contributed by atoms with van der Waals surface area (Å²) in [5.41, 5.74) is 2.85. The molecule has 4 heteroatoms. The molecule has 1 heterocycles. The number of nitrogens with zero attached hydrogens (tertiary/aromatic N) is 1. The molecule has 1 saturated heterocycles. The van der Waals surface area contributed by atoms with Crippen LogP contribution in [0.2, 0.25) is 0 Å². The standard InChI is InChI=1S/C14H20N2O2/c1-9-4-10(2)6-11(5-9)14(18)16(3)12-7-15-8-13(12)17/h4-6,12-13,15,17H,7-8H2,1-3H3/t12-,13-/m0/s1. The van der Waals surface area contributed by atoms with Gasteiger partial charge >= 0.3 is 0 Å². The Morgan fingerprint density at radius 2 is 1.89 bits per heavy atom. The average molecular weight is 248 g/mol. The largest absolute Gasteiger partial charge is 0.390 e. The maximum atomic E-state index is 12.4. The molecular weight excluding hydrogens is 228 g/mol. The molecule has 0 unspecified atom stereocenters. The van der Waals surface area contributed by atoms with Crippen LogP contribution in [0.15, 0.2) is 18.2 Å². The number of rotatable bonds is 2. The summed E-state index contributed by atoms with van der Waals surface area (Å²) < 4.78 is 0. The molecule has 0 aliphatic carbocycles. The van der Waals surface area contributed by atoms with E-state index in [1.165, 1.54) is 0 Å². The highest BCUT2D eigenvalue weighted by molar-refractivity contribution is 5.94. The number of amides is 1. The van der Waals surface area contributed by atoms with Crippen LogP contribution < -0.4 is 5.32 Å². The van der Waals surface area contributed by atoms with Crippen molar-refractivity contribution in [3.05, 3.63) is 34.9 Å². The van der Waals surface area contributed by atoms with Gasteiger partial charge in [-0.1, -0.05) is 17.2 Å². The molecule has 1 aliphatic rings. The predicted molar refractivity (Wildman–Crippen MR) is 70.7 cm³/mol. The number of aliphatic hydroxyl groups is 1. The Labute approximate surface area is 108 Å². The molecule has 4 nitrogen and oxygen atoms in total. The van der Waals surface area contributed by atoms with Crippen molar-refractivity contribution < 1.29 is 9.90 Å². The first-order valence-electron chi connectivity index (χ1n) is 6.23. The van der Waals surface area contributed by atoms with E-state index in [0.717, 1.165) is 11.1 Å². The molecule has 0 bridgehead atoms. The van der Waals surface area contributed by atoms with Crippen molar-refractivity contribution >= 4 is 5.91 Å². The van der Waals surface area contributed by atoms with E-state index in [4.69, 9.17) is 0 Å². The van der Waals surface area contributed by atoms with Gasteiger partial charge in [0, 0.05) is 25.7 Å². The van der Waals surface area contributed by atoms with Crippen molar-refractivity contribution in [2.24, 2.45) is 0 Å². The minimum Gasteiger partial charge on any atom is -0.390 e. The quantitative estimate of drug-likeness (QED) is 0.810. The van der Waals surface area contributed by atoms with E-state index >= 15 is 0 Å². The number of nitrogens with one attached hydrogen (secondary N) is 1. The Balaban J connectivity index is 2.19. The van der Waals surface area contributed by atoms with E-state index in [-0.39, 0.29) is 11.9 Å². The van der Waals surface area contributed by atoms with Crippen LogP contribution in [-0.4, -0.2) is 48.2 Å². The third kappa shape index (κ3) is 2.54. The van der Waals surface area contributed by atoms with Crippen LogP contribution in [0, 0.1) is 13.8 Å². The van der Waals surface area contributed by atoms with Crippen LogP contribution in [0.3, 0.4) is 0 Å². The van der Waals surface area contributed by atoms with Gasteiger partial charge in [0.2, 0.25) is 0 Å². The summed E-state index contributed by atoms with van der Waals surface area (Å²) in [6.45, 7) is 5.16. The van der Waals surface area contributed by atoms with Gasteiger partial charge in [-0.05, 0) is 26.0 Å². The second-order valence-corrected chi connectivity index (χ2v) is 5.09. The van der Waals surface area contributed by atoms with Crippen LogP contribution in [0.5, 0.6) is 0 Å². The van der Waals surface area contributed by atoms with Gasteiger partial charge in [-0.2, -0.15) is 0 Å². The highest BCUT2D eigenvalue weighted by Gasteiger charge is 2.31. The molecule has 1 amide bonds. The topological polar surface area (TPSA) is 52.6 Å². The van der Waals surface area contributed by atoms with Crippen molar-refractivity contribution in [2.75, 3.05) is 20.1 Å². The third-order valence-electron chi connectivity index (χ3n) is 3.44. The van der Waals surface area contributed by atoms with E-state index in [9.17, 15) is 9.90 Å². The number of hydrogen-bond donors (Lipinski definition) is 2. The summed E-state index contributed by atoms with van der Waals surface area (Å²) in [6, 6.07) is 5.68. The lowest BCUT2D eigenvalue weighted by atomic mass is 10.1. The summed E-state index contributed by atoms with van der Waals surface area (Å²) in [5, 5.41) is 12.9. The van der Waals surface area contributed by atoms with Gasteiger partial charge in [0.15, 0.2) is 0 Å². The number of β-amino-alcohol motifs (C(OH)–C–C–N with tert-alkyl or cyclic N) is 1. The third-order valence-corrected chi connectivity index (χ3v) is 3.44. The number of aliphatic hydroxyl groups excluding tert-OH is 1. The second kappa shape index (κ2) is 5.08. The maximum Gasteiger partial charge on any atom is 0.253 e. The van der Waals surface area contributed by atoms with Gasteiger partial charge in [-0.15, -0.1) is 0 Å². The molecule has 98 valence electrons. The van der Waals surface area contributed by atoms with Crippen molar-refractivity contribution in [1.82, 2.24) is 10.2 Å². The molecule has 18 heavy (non-hydrogen) atoms. The highest BCUT2D eigenvalue weighted by atomic mass is 16.3. The number of carbonyl (C=O) groups is 1. The molecule has 2 rings (SSSR count). The van der Waals surface area contributed by atoms with Crippen LogP contribution in [0.25, 0.3) is 0 Å². The predicted octanol–water partition coefficient (Wildman–Crippen LogP) is 0.708. The van der Waals surface area contributed by atoms with Crippen molar-refractivity contribution in [1.29, 1.82) is 0 Å². The zero-order valence-corrected chi connectivity index (χ0v) is 11.1. The first kappa shape index (κ1) is 13.1. The molecular formula is C14H20N2O2. The first-order chi connectivity index (χ1) is 8.49. The summed E-state index contributed by atoms with van der Waals surface area (Å²) in [6.07, 6.45) is -0.482. The van der Waals surface area contributed by atoms with Crippen LogP contribution in [0.4, 0.5) is 0 Å². The fourth-order valence-corrected chi connectivity index (χ4v) is 2.50. The van der Waals surface area contributed by atoms with Crippen LogP contribution in [0.1, 0.15) is 21.5 Å². The highest BCUT2D eigenvalue weighted by Crippen LogP contribution is 2.15. The summed E-state index contributed by atoms with van der Waals surface area (Å²) in [4.78, 5) is 14.0. The molecule has 2 atom stereocenters. The van der Waals surface area contributed by atoms with Gasteiger partial charge in [0.25, 0.3) is 5.91 Å². The lowest BCUT2D eigenvalue weighted by molar-refractivity contribution is 0.0581. The fraction of sp³-hybridized carbons (Fsp3) is 0.500. The number of aryl methyl sites for hydroxylation is 2. The molecule has 1 aromatic carbocycles.